The number of benzene rings is 1. The summed E-state index contributed by atoms with van der Waals surface area (Å²) in [5, 5.41) is 0.312. The van der Waals surface area contributed by atoms with E-state index in [0.29, 0.717) is 26.2 Å². The summed E-state index contributed by atoms with van der Waals surface area (Å²) >= 11 is 1.06. The molecule has 0 aliphatic carbocycles. The Morgan fingerprint density at radius 3 is 2.62 bits per heavy atom. The average molecular weight is 418 g/mol. The Kier molecular flexibility index (Phi) is 6.07. The molecule has 1 aromatic carbocycles. The number of nitrogens with one attached hydrogen (secondary N) is 1. The van der Waals surface area contributed by atoms with Gasteiger partial charge >= 0.3 is 11.9 Å². The predicted octanol–water partition coefficient (Wildman–Crippen LogP) is 3.46. The maximum absolute atomic E-state index is 13.0. The number of carbonyl (C=O) groups excluding carboxylic acids is 2. The van der Waals surface area contributed by atoms with E-state index in [-0.39, 0.29) is 24.7 Å². The van der Waals surface area contributed by atoms with Gasteiger partial charge in [0.05, 0.1) is 18.4 Å². The van der Waals surface area contributed by atoms with Crippen LogP contribution in [0.5, 0.6) is 0 Å². The molecule has 2 heterocycles. The van der Waals surface area contributed by atoms with Crippen molar-refractivity contribution in [2.75, 3.05) is 6.61 Å². The lowest BCUT2D eigenvalue weighted by molar-refractivity contribution is -0.148. The fourth-order valence-electron chi connectivity index (χ4n) is 2.81. The standard InChI is InChI=1S/C20H19FN2O5S/c1-4-27-20(26)16-10(2)15-18(25)22-17(23-19(15)29-16)11(3)28-14(24)9-12-5-7-13(21)8-6-12/h5-8,11H,4,9H2,1-3H3,(H,22,23,25)/t11-/m1/s1. The van der Waals surface area contributed by atoms with Crippen molar-refractivity contribution in [3.05, 3.63) is 62.3 Å². The van der Waals surface area contributed by atoms with Gasteiger partial charge in [0.2, 0.25) is 0 Å². The molecule has 0 fully saturated rings. The highest BCUT2D eigenvalue weighted by molar-refractivity contribution is 7.20. The van der Waals surface area contributed by atoms with E-state index in [1.807, 2.05) is 0 Å². The number of esters is 2. The first-order valence-electron chi connectivity index (χ1n) is 8.94. The maximum atomic E-state index is 13.0. The van der Waals surface area contributed by atoms with E-state index in [1.165, 1.54) is 24.3 Å². The SMILES string of the molecule is CCOC(=O)c1sc2nc([C@@H](C)OC(=O)Cc3ccc(F)cc3)[nH]c(=O)c2c1C. The summed E-state index contributed by atoms with van der Waals surface area (Å²) in [6.07, 6.45) is -0.851. The fourth-order valence-corrected chi connectivity index (χ4v) is 3.89. The minimum atomic E-state index is -0.812. The van der Waals surface area contributed by atoms with Gasteiger partial charge in [-0.05, 0) is 44.0 Å². The van der Waals surface area contributed by atoms with Crippen molar-refractivity contribution in [2.45, 2.75) is 33.3 Å². The van der Waals surface area contributed by atoms with E-state index in [2.05, 4.69) is 9.97 Å². The molecule has 0 bridgehead atoms. The molecule has 29 heavy (non-hydrogen) atoms. The van der Waals surface area contributed by atoms with Gasteiger partial charge in [-0.25, -0.2) is 14.2 Å². The van der Waals surface area contributed by atoms with Crippen LogP contribution in [0.1, 0.15) is 46.6 Å². The van der Waals surface area contributed by atoms with Crippen molar-refractivity contribution in [3.63, 3.8) is 0 Å². The molecule has 0 unspecified atom stereocenters. The molecule has 9 heteroatoms. The van der Waals surface area contributed by atoms with Crippen LogP contribution in [0.2, 0.25) is 0 Å². The van der Waals surface area contributed by atoms with Crippen LogP contribution in [0.4, 0.5) is 4.39 Å². The molecule has 152 valence electrons. The van der Waals surface area contributed by atoms with E-state index in [1.54, 1.807) is 20.8 Å². The van der Waals surface area contributed by atoms with Gasteiger partial charge in [0, 0.05) is 0 Å². The van der Waals surface area contributed by atoms with Crippen LogP contribution in [0.15, 0.2) is 29.1 Å². The lowest BCUT2D eigenvalue weighted by Gasteiger charge is -2.12. The third-order valence-electron chi connectivity index (χ3n) is 4.23. The minimum Gasteiger partial charge on any atom is -0.462 e. The molecule has 3 rings (SSSR count). The number of aromatic nitrogens is 2. The molecule has 0 aliphatic rings. The summed E-state index contributed by atoms with van der Waals surface area (Å²) in [5.74, 6) is -1.26. The molecule has 2 aromatic heterocycles. The normalized spacial score (nSPS) is 12.0. The third-order valence-corrected chi connectivity index (χ3v) is 5.40. The number of carbonyl (C=O) groups is 2. The summed E-state index contributed by atoms with van der Waals surface area (Å²) < 4.78 is 23.3. The van der Waals surface area contributed by atoms with Crippen molar-refractivity contribution in [2.24, 2.45) is 0 Å². The Balaban J connectivity index is 1.81. The Morgan fingerprint density at radius 2 is 1.97 bits per heavy atom. The Hall–Kier alpha value is -3.07. The molecular formula is C20H19FN2O5S. The number of ether oxygens (including phenoxy) is 2. The van der Waals surface area contributed by atoms with E-state index in [0.717, 1.165) is 11.3 Å². The molecule has 0 amide bonds. The molecule has 0 aliphatic heterocycles. The molecule has 1 N–H and O–H groups in total. The zero-order chi connectivity index (χ0) is 21.1. The minimum absolute atomic E-state index is 0.0395. The number of nitrogens with zero attached hydrogens (tertiary/aromatic N) is 1. The zero-order valence-corrected chi connectivity index (χ0v) is 16.9. The number of hydrogen-bond acceptors (Lipinski definition) is 7. The number of halogens is 1. The van der Waals surface area contributed by atoms with Crippen LogP contribution in [-0.2, 0) is 20.7 Å². The second-order valence-corrected chi connectivity index (χ2v) is 7.34. The number of aromatic amines is 1. The molecule has 0 spiro atoms. The van der Waals surface area contributed by atoms with Crippen LogP contribution < -0.4 is 5.56 Å². The van der Waals surface area contributed by atoms with Gasteiger partial charge in [-0.2, -0.15) is 0 Å². The van der Waals surface area contributed by atoms with Gasteiger partial charge in [0.25, 0.3) is 5.56 Å². The summed E-state index contributed by atoms with van der Waals surface area (Å²) in [5.41, 5.74) is 0.689. The van der Waals surface area contributed by atoms with Crippen LogP contribution in [0, 0.1) is 12.7 Å². The highest BCUT2D eigenvalue weighted by Gasteiger charge is 2.22. The predicted molar refractivity (Wildman–Crippen MR) is 106 cm³/mol. The van der Waals surface area contributed by atoms with Crippen LogP contribution in [0.3, 0.4) is 0 Å². The highest BCUT2D eigenvalue weighted by Crippen LogP contribution is 2.28. The van der Waals surface area contributed by atoms with Crippen LogP contribution >= 0.6 is 11.3 Å². The number of fused-ring (bicyclic) bond motifs is 1. The molecule has 0 radical (unpaired) electrons. The third kappa shape index (κ3) is 4.51. The number of aryl methyl sites for hydroxylation is 1. The molecular weight excluding hydrogens is 399 g/mol. The topological polar surface area (TPSA) is 98.3 Å². The van der Waals surface area contributed by atoms with Gasteiger partial charge in [-0.15, -0.1) is 11.3 Å². The van der Waals surface area contributed by atoms with Gasteiger partial charge in [0.15, 0.2) is 11.9 Å². The summed E-state index contributed by atoms with van der Waals surface area (Å²) in [7, 11) is 0. The van der Waals surface area contributed by atoms with Crippen molar-refractivity contribution < 1.29 is 23.5 Å². The van der Waals surface area contributed by atoms with Gasteiger partial charge in [0.1, 0.15) is 15.5 Å². The second-order valence-electron chi connectivity index (χ2n) is 6.34. The summed E-state index contributed by atoms with van der Waals surface area (Å²) in [6, 6.07) is 5.52. The molecule has 0 saturated heterocycles. The van der Waals surface area contributed by atoms with E-state index in [4.69, 9.17) is 9.47 Å². The fraction of sp³-hybridized carbons (Fsp3) is 0.300. The Bertz CT molecular complexity index is 1120. The van der Waals surface area contributed by atoms with E-state index >= 15 is 0 Å². The molecule has 7 nitrogen and oxygen atoms in total. The largest absolute Gasteiger partial charge is 0.462 e. The van der Waals surface area contributed by atoms with E-state index in [9.17, 15) is 18.8 Å². The lowest BCUT2D eigenvalue weighted by atomic mass is 10.1. The summed E-state index contributed by atoms with van der Waals surface area (Å²) in [6.45, 7) is 5.17. The van der Waals surface area contributed by atoms with Crippen LogP contribution in [-0.4, -0.2) is 28.5 Å². The first kappa shape index (κ1) is 20.7. The zero-order valence-electron chi connectivity index (χ0n) is 16.1. The van der Waals surface area contributed by atoms with E-state index < -0.39 is 23.6 Å². The van der Waals surface area contributed by atoms with Crippen molar-refractivity contribution in [1.29, 1.82) is 0 Å². The molecule has 0 saturated carbocycles. The first-order chi connectivity index (χ1) is 13.8. The Labute approximate surface area is 169 Å². The highest BCUT2D eigenvalue weighted by atomic mass is 32.1. The number of hydrogen-bond donors (Lipinski definition) is 1. The lowest BCUT2D eigenvalue weighted by Crippen LogP contribution is -2.18. The molecule has 1 atom stereocenters. The number of thiophene rings is 1. The Morgan fingerprint density at radius 1 is 1.28 bits per heavy atom. The first-order valence-corrected chi connectivity index (χ1v) is 9.76. The molecule has 3 aromatic rings. The number of rotatable bonds is 6. The monoisotopic (exact) mass is 418 g/mol. The van der Waals surface area contributed by atoms with Crippen molar-refractivity contribution in [3.8, 4) is 0 Å². The second kappa shape index (κ2) is 8.52. The average Bonchev–Trinajstić information content (AvgIpc) is 3.01. The van der Waals surface area contributed by atoms with Crippen molar-refractivity contribution in [1.82, 2.24) is 9.97 Å². The van der Waals surface area contributed by atoms with Crippen molar-refractivity contribution >= 4 is 33.5 Å². The van der Waals surface area contributed by atoms with Crippen LogP contribution in [0.25, 0.3) is 10.2 Å². The quantitative estimate of drug-likeness (QED) is 0.616. The maximum Gasteiger partial charge on any atom is 0.348 e. The smallest absolute Gasteiger partial charge is 0.348 e. The summed E-state index contributed by atoms with van der Waals surface area (Å²) in [4.78, 5) is 44.4. The van der Waals surface area contributed by atoms with Gasteiger partial charge < -0.3 is 14.5 Å². The van der Waals surface area contributed by atoms with Gasteiger partial charge in [-0.3, -0.25) is 9.59 Å². The van der Waals surface area contributed by atoms with Gasteiger partial charge in [-0.1, -0.05) is 12.1 Å². The number of H-pyrrole nitrogens is 1.